The summed E-state index contributed by atoms with van der Waals surface area (Å²) in [5.74, 6) is 0.0639. The average Bonchev–Trinajstić information content (AvgIpc) is 2.90. The first-order valence-electron chi connectivity index (χ1n) is 5.88. The lowest BCUT2D eigenvalue weighted by atomic mass is 10.2. The summed E-state index contributed by atoms with van der Waals surface area (Å²) >= 11 is 1.62. The van der Waals surface area contributed by atoms with Crippen molar-refractivity contribution in [3.63, 3.8) is 0 Å². The highest BCUT2D eigenvalue weighted by molar-refractivity contribution is 7.07. The van der Waals surface area contributed by atoms with Crippen LogP contribution in [-0.2, 0) is 11.3 Å². The number of ether oxygens (including phenoxy) is 1. The van der Waals surface area contributed by atoms with Gasteiger partial charge < -0.3 is 15.8 Å². The molecule has 0 atom stereocenters. The number of esters is 1. The van der Waals surface area contributed by atoms with Crippen molar-refractivity contribution >= 4 is 28.8 Å². The van der Waals surface area contributed by atoms with E-state index in [2.05, 4.69) is 10.3 Å². The molecule has 2 aromatic rings. The third kappa shape index (κ3) is 3.45. The Balaban J connectivity index is 2.16. The van der Waals surface area contributed by atoms with Gasteiger partial charge in [0.1, 0.15) is 11.4 Å². The Bertz CT molecular complexity index is 555. The summed E-state index contributed by atoms with van der Waals surface area (Å²) in [7, 11) is 0. The predicted molar refractivity (Wildman–Crippen MR) is 76.3 cm³/mol. The highest BCUT2D eigenvalue weighted by Crippen LogP contribution is 2.18. The van der Waals surface area contributed by atoms with E-state index in [-0.39, 0.29) is 0 Å². The second-order valence-corrected chi connectivity index (χ2v) is 4.65. The zero-order valence-electron chi connectivity index (χ0n) is 10.6. The van der Waals surface area contributed by atoms with Gasteiger partial charge in [-0.3, -0.25) is 0 Å². The minimum absolute atomic E-state index is 0.317. The van der Waals surface area contributed by atoms with Crippen LogP contribution in [0, 0.1) is 0 Å². The van der Waals surface area contributed by atoms with Crippen molar-refractivity contribution in [3.05, 3.63) is 40.2 Å². The van der Waals surface area contributed by atoms with Crippen molar-refractivity contribution in [1.29, 1.82) is 0 Å². The lowest BCUT2D eigenvalue weighted by molar-refractivity contribution is 0.0527. The van der Waals surface area contributed by atoms with Crippen molar-refractivity contribution in [2.45, 2.75) is 13.5 Å². The fourth-order valence-corrected chi connectivity index (χ4v) is 2.23. The van der Waals surface area contributed by atoms with E-state index in [4.69, 9.17) is 10.5 Å². The number of nitrogens with zero attached hydrogens (tertiary/aromatic N) is 1. The maximum absolute atomic E-state index is 11.8. The number of nitrogens with one attached hydrogen (secondary N) is 1. The van der Waals surface area contributed by atoms with Crippen LogP contribution < -0.4 is 11.1 Å². The third-order valence-corrected chi connectivity index (χ3v) is 3.18. The quantitative estimate of drug-likeness (QED) is 0.821. The average molecular weight is 277 g/mol. The Kier molecular flexibility index (Phi) is 4.35. The molecule has 0 aromatic carbocycles. The SMILES string of the molecule is CCOC(=O)c1cc(N)cnc1NCc1ccsc1. The van der Waals surface area contributed by atoms with Gasteiger partial charge in [-0.15, -0.1) is 0 Å². The molecule has 2 heterocycles. The molecule has 6 heteroatoms. The molecule has 0 saturated carbocycles. The fraction of sp³-hybridized carbons (Fsp3) is 0.231. The van der Waals surface area contributed by atoms with Gasteiger partial charge >= 0.3 is 5.97 Å². The largest absolute Gasteiger partial charge is 0.462 e. The number of nitrogens with two attached hydrogens (primary N) is 1. The van der Waals surface area contributed by atoms with Crippen LogP contribution in [0.3, 0.4) is 0 Å². The molecular weight excluding hydrogens is 262 g/mol. The van der Waals surface area contributed by atoms with E-state index >= 15 is 0 Å². The maximum Gasteiger partial charge on any atom is 0.341 e. The standard InChI is InChI=1S/C13H15N3O2S/c1-2-18-13(17)11-5-10(14)7-16-12(11)15-6-9-3-4-19-8-9/h3-5,7-8H,2,6,14H2,1H3,(H,15,16). The lowest BCUT2D eigenvalue weighted by Gasteiger charge is -2.10. The lowest BCUT2D eigenvalue weighted by Crippen LogP contribution is -2.12. The van der Waals surface area contributed by atoms with Crippen LogP contribution >= 0.6 is 11.3 Å². The van der Waals surface area contributed by atoms with E-state index in [9.17, 15) is 4.79 Å². The van der Waals surface area contributed by atoms with Crippen LogP contribution in [0.1, 0.15) is 22.8 Å². The molecule has 0 bridgehead atoms. The molecule has 5 nitrogen and oxygen atoms in total. The summed E-state index contributed by atoms with van der Waals surface area (Å²) in [5.41, 5.74) is 7.59. The van der Waals surface area contributed by atoms with Crippen molar-refractivity contribution < 1.29 is 9.53 Å². The molecule has 0 aliphatic carbocycles. The van der Waals surface area contributed by atoms with Gasteiger partial charge in [-0.25, -0.2) is 9.78 Å². The van der Waals surface area contributed by atoms with E-state index < -0.39 is 5.97 Å². The van der Waals surface area contributed by atoms with Crippen molar-refractivity contribution in [2.75, 3.05) is 17.7 Å². The Morgan fingerprint density at radius 2 is 2.42 bits per heavy atom. The van der Waals surface area contributed by atoms with E-state index in [0.717, 1.165) is 5.56 Å². The first-order valence-corrected chi connectivity index (χ1v) is 6.82. The van der Waals surface area contributed by atoms with Gasteiger partial charge in [0, 0.05) is 6.54 Å². The van der Waals surface area contributed by atoms with Gasteiger partial charge in [0.2, 0.25) is 0 Å². The van der Waals surface area contributed by atoms with Gasteiger partial charge in [0.05, 0.1) is 18.5 Å². The van der Waals surface area contributed by atoms with Crippen molar-refractivity contribution in [2.24, 2.45) is 0 Å². The summed E-state index contributed by atoms with van der Waals surface area (Å²) < 4.78 is 4.99. The van der Waals surface area contributed by atoms with Crippen LogP contribution in [0.15, 0.2) is 29.1 Å². The van der Waals surface area contributed by atoms with Gasteiger partial charge in [-0.05, 0) is 35.4 Å². The van der Waals surface area contributed by atoms with Gasteiger partial charge in [-0.1, -0.05) is 0 Å². The monoisotopic (exact) mass is 277 g/mol. The fourth-order valence-electron chi connectivity index (χ4n) is 1.57. The number of carbonyl (C=O) groups excluding carboxylic acids is 1. The van der Waals surface area contributed by atoms with E-state index in [1.165, 1.54) is 6.20 Å². The molecule has 19 heavy (non-hydrogen) atoms. The smallest absolute Gasteiger partial charge is 0.341 e. The summed E-state index contributed by atoms with van der Waals surface area (Å²) in [6, 6.07) is 3.58. The van der Waals surface area contributed by atoms with E-state index in [1.54, 1.807) is 24.3 Å². The highest BCUT2D eigenvalue weighted by atomic mass is 32.1. The normalized spacial score (nSPS) is 10.2. The molecule has 3 N–H and O–H groups in total. The number of rotatable bonds is 5. The molecular formula is C13H15N3O2S. The number of aromatic nitrogens is 1. The summed E-state index contributed by atoms with van der Waals surface area (Å²) in [5, 5.41) is 7.16. The minimum atomic E-state index is -0.421. The van der Waals surface area contributed by atoms with Crippen LogP contribution in [0.5, 0.6) is 0 Å². The zero-order valence-corrected chi connectivity index (χ0v) is 11.4. The predicted octanol–water partition coefficient (Wildman–Crippen LogP) is 2.51. The molecule has 100 valence electrons. The van der Waals surface area contributed by atoms with Crippen molar-refractivity contribution in [3.8, 4) is 0 Å². The molecule has 2 aromatic heterocycles. The number of pyridine rings is 1. The third-order valence-electron chi connectivity index (χ3n) is 2.44. The molecule has 0 saturated heterocycles. The summed E-state index contributed by atoms with van der Waals surface area (Å²) in [4.78, 5) is 16.0. The first-order chi connectivity index (χ1) is 9.20. The molecule has 0 fully saturated rings. The second-order valence-electron chi connectivity index (χ2n) is 3.87. The molecule has 2 rings (SSSR count). The summed E-state index contributed by atoms with van der Waals surface area (Å²) in [6.07, 6.45) is 1.51. The minimum Gasteiger partial charge on any atom is -0.462 e. The van der Waals surface area contributed by atoms with Crippen molar-refractivity contribution in [1.82, 2.24) is 4.98 Å². The Morgan fingerprint density at radius 1 is 1.58 bits per heavy atom. The molecule has 0 amide bonds. The Morgan fingerprint density at radius 3 is 3.11 bits per heavy atom. The zero-order chi connectivity index (χ0) is 13.7. The second kappa shape index (κ2) is 6.19. The number of carbonyl (C=O) groups is 1. The molecule has 0 unspecified atom stereocenters. The van der Waals surface area contributed by atoms with Gasteiger partial charge in [0.15, 0.2) is 0 Å². The number of nitrogen functional groups attached to an aromatic ring is 1. The van der Waals surface area contributed by atoms with Gasteiger partial charge in [-0.2, -0.15) is 11.3 Å². The molecule has 0 aliphatic rings. The number of anilines is 2. The van der Waals surface area contributed by atoms with Crippen LogP contribution in [-0.4, -0.2) is 17.6 Å². The molecule has 0 spiro atoms. The number of thiophene rings is 1. The first kappa shape index (κ1) is 13.4. The summed E-state index contributed by atoms with van der Waals surface area (Å²) in [6.45, 7) is 2.68. The van der Waals surface area contributed by atoms with Gasteiger partial charge in [0.25, 0.3) is 0 Å². The molecule has 0 aliphatic heterocycles. The van der Waals surface area contributed by atoms with Crippen LogP contribution in [0.4, 0.5) is 11.5 Å². The Labute approximate surface area is 115 Å². The molecule has 0 radical (unpaired) electrons. The Hall–Kier alpha value is -2.08. The van der Waals surface area contributed by atoms with Crippen LogP contribution in [0.25, 0.3) is 0 Å². The topological polar surface area (TPSA) is 77.2 Å². The van der Waals surface area contributed by atoms with E-state index in [1.807, 2.05) is 16.8 Å². The van der Waals surface area contributed by atoms with Crippen LogP contribution in [0.2, 0.25) is 0 Å². The number of hydrogen-bond donors (Lipinski definition) is 2. The van der Waals surface area contributed by atoms with E-state index in [0.29, 0.717) is 30.2 Å². The highest BCUT2D eigenvalue weighted by Gasteiger charge is 2.14. The number of hydrogen-bond acceptors (Lipinski definition) is 6. The maximum atomic E-state index is 11.8.